The molecular weight excluding hydrogens is 217 g/mol. The Labute approximate surface area is 93.1 Å². The number of benzene rings is 1. The van der Waals surface area contributed by atoms with Crippen molar-refractivity contribution >= 4 is 17.3 Å². The zero-order valence-electron chi connectivity index (χ0n) is 8.21. The summed E-state index contributed by atoms with van der Waals surface area (Å²) in [5.41, 5.74) is 0.369. The van der Waals surface area contributed by atoms with Crippen molar-refractivity contribution in [2.45, 2.75) is 31.4 Å². The molecule has 0 amide bonds. The van der Waals surface area contributed by atoms with E-state index in [0.717, 1.165) is 19.3 Å². The lowest BCUT2D eigenvalue weighted by atomic mass is 10.2. The van der Waals surface area contributed by atoms with E-state index in [1.54, 1.807) is 12.1 Å². The van der Waals surface area contributed by atoms with Crippen LogP contribution in [-0.4, -0.2) is 17.3 Å². The fraction of sp³-hybridized carbons (Fsp3) is 0.455. The quantitative estimate of drug-likeness (QED) is 0.818. The van der Waals surface area contributed by atoms with E-state index in [4.69, 9.17) is 11.6 Å². The topological polar surface area (TPSA) is 32.3 Å². The van der Waals surface area contributed by atoms with Gasteiger partial charge in [0.1, 0.15) is 0 Å². The van der Waals surface area contributed by atoms with Crippen LogP contribution in [-0.2, 0) is 0 Å². The van der Waals surface area contributed by atoms with Crippen molar-refractivity contribution in [1.82, 2.24) is 0 Å². The monoisotopic (exact) mass is 229 g/mol. The average molecular weight is 230 g/mol. The number of halogens is 2. The zero-order chi connectivity index (χ0) is 10.8. The van der Waals surface area contributed by atoms with Crippen LogP contribution in [0.5, 0.6) is 0 Å². The van der Waals surface area contributed by atoms with E-state index in [9.17, 15) is 9.50 Å². The lowest BCUT2D eigenvalue weighted by Gasteiger charge is -2.18. The van der Waals surface area contributed by atoms with Crippen molar-refractivity contribution in [2.24, 2.45) is 0 Å². The minimum Gasteiger partial charge on any atom is -0.391 e. The summed E-state index contributed by atoms with van der Waals surface area (Å²) < 4.78 is 13.5. The number of anilines is 1. The van der Waals surface area contributed by atoms with E-state index < -0.39 is 5.82 Å². The van der Waals surface area contributed by atoms with Gasteiger partial charge in [-0.1, -0.05) is 17.7 Å². The molecule has 2 N–H and O–H groups in total. The molecule has 0 heterocycles. The molecule has 0 bridgehead atoms. The number of rotatable bonds is 2. The van der Waals surface area contributed by atoms with E-state index in [2.05, 4.69) is 5.32 Å². The maximum Gasteiger partial charge on any atom is 0.164 e. The van der Waals surface area contributed by atoms with Crippen LogP contribution in [0.3, 0.4) is 0 Å². The Morgan fingerprint density at radius 2 is 2.20 bits per heavy atom. The molecule has 0 radical (unpaired) electrons. The van der Waals surface area contributed by atoms with Crippen LogP contribution in [0.4, 0.5) is 10.1 Å². The number of aliphatic hydroxyl groups is 1. The molecule has 82 valence electrons. The first-order valence-electron chi connectivity index (χ1n) is 5.07. The molecule has 4 heteroatoms. The van der Waals surface area contributed by atoms with Gasteiger partial charge in [-0.25, -0.2) is 4.39 Å². The van der Waals surface area contributed by atoms with Crippen molar-refractivity contribution in [3.8, 4) is 0 Å². The normalized spacial score (nSPS) is 25.5. The fourth-order valence-electron chi connectivity index (χ4n) is 1.92. The highest BCUT2D eigenvalue weighted by molar-refractivity contribution is 6.31. The fourth-order valence-corrected chi connectivity index (χ4v) is 2.10. The minimum atomic E-state index is -0.446. The molecule has 2 nitrogen and oxygen atoms in total. The van der Waals surface area contributed by atoms with Gasteiger partial charge in [0.25, 0.3) is 0 Å². The third-order valence-electron chi connectivity index (χ3n) is 2.77. The first kappa shape index (κ1) is 10.7. The summed E-state index contributed by atoms with van der Waals surface area (Å²) >= 11 is 5.66. The van der Waals surface area contributed by atoms with Gasteiger partial charge in [-0.05, 0) is 31.4 Å². The molecule has 1 aliphatic rings. The van der Waals surface area contributed by atoms with E-state index in [-0.39, 0.29) is 17.2 Å². The van der Waals surface area contributed by atoms with Crippen LogP contribution in [0, 0.1) is 5.82 Å². The van der Waals surface area contributed by atoms with Crippen molar-refractivity contribution < 1.29 is 9.50 Å². The van der Waals surface area contributed by atoms with Gasteiger partial charge in [0.15, 0.2) is 5.82 Å². The summed E-state index contributed by atoms with van der Waals surface area (Å²) in [6.45, 7) is 0. The molecule has 2 rings (SSSR count). The zero-order valence-corrected chi connectivity index (χ0v) is 8.97. The molecule has 2 atom stereocenters. The third kappa shape index (κ3) is 2.24. The van der Waals surface area contributed by atoms with Crippen molar-refractivity contribution in [2.75, 3.05) is 5.32 Å². The van der Waals surface area contributed by atoms with Gasteiger partial charge in [0, 0.05) is 0 Å². The molecule has 1 fully saturated rings. The van der Waals surface area contributed by atoms with Gasteiger partial charge < -0.3 is 10.4 Å². The van der Waals surface area contributed by atoms with E-state index in [0.29, 0.717) is 5.69 Å². The molecule has 1 saturated carbocycles. The van der Waals surface area contributed by atoms with Crippen LogP contribution in [0.2, 0.25) is 5.02 Å². The summed E-state index contributed by atoms with van der Waals surface area (Å²) in [6, 6.07) is 4.77. The Morgan fingerprint density at radius 1 is 1.40 bits per heavy atom. The predicted octanol–water partition coefficient (Wildman–Crippen LogP) is 2.80. The highest BCUT2D eigenvalue weighted by atomic mass is 35.5. The molecule has 15 heavy (non-hydrogen) atoms. The van der Waals surface area contributed by atoms with Gasteiger partial charge in [0.2, 0.25) is 0 Å². The second-order valence-electron chi connectivity index (χ2n) is 3.85. The molecule has 0 aromatic heterocycles. The van der Waals surface area contributed by atoms with Crippen molar-refractivity contribution in [1.29, 1.82) is 0 Å². The molecule has 1 aromatic rings. The van der Waals surface area contributed by atoms with E-state index in [1.807, 2.05) is 0 Å². The van der Waals surface area contributed by atoms with Gasteiger partial charge in [-0.3, -0.25) is 0 Å². The average Bonchev–Trinajstić information content (AvgIpc) is 2.60. The minimum absolute atomic E-state index is 0.0574. The molecule has 2 unspecified atom stereocenters. The summed E-state index contributed by atoms with van der Waals surface area (Å²) in [4.78, 5) is 0. The molecular formula is C11H13ClFNO. The molecule has 0 spiro atoms. The lowest BCUT2D eigenvalue weighted by Crippen LogP contribution is -2.28. The summed E-state index contributed by atoms with van der Waals surface area (Å²) in [5, 5.41) is 12.7. The lowest BCUT2D eigenvalue weighted by molar-refractivity contribution is 0.171. The largest absolute Gasteiger partial charge is 0.391 e. The number of hydrogen-bond donors (Lipinski definition) is 2. The predicted molar refractivity (Wildman–Crippen MR) is 58.7 cm³/mol. The molecule has 1 aliphatic carbocycles. The molecule has 0 saturated heterocycles. The number of nitrogens with one attached hydrogen (secondary N) is 1. The van der Waals surface area contributed by atoms with E-state index in [1.165, 1.54) is 6.07 Å². The SMILES string of the molecule is OC1CCCC1Nc1cccc(Cl)c1F. The number of aliphatic hydroxyl groups excluding tert-OH is 1. The van der Waals surface area contributed by atoms with Gasteiger partial charge in [0.05, 0.1) is 22.9 Å². The Hall–Kier alpha value is -0.800. The second-order valence-corrected chi connectivity index (χ2v) is 4.26. The Bertz CT molecular complexity index is 358. The standard InChI is InChI=1S/C11H13ClFNO/c12-7-3-1-5-9(11(7)13)14-8-4-2-6-10(8)15/h1,3,5,8,10,14-15H,2,4,6H2. The number of hydrogen-bond acceptors (Lipinski definition) is 2. The smallest absolute Gasteiger partial charge is 0.164 e. The van der Waals surface area contributed by atoms with Gasteiger partial charge >= 0.3 is 0 Å². The van der Waals surface area contributed by atoms with Gasteiger partial charge in [-0.2, -0.15) is 0 Å². The highest BCUT2D eigenvalue weighted by Crippen LogP contribution is 2.27. The van der Waals surface area contributed by atoms with Crippen LogP contribution in [0.25, 0.3) is 0 Å². The first-order chi connectivity index (χ1) is 7.18. The van der Waals surface area contributed by atoms with Crippen LogP contribution in [0.15, 0.2) is 18.2 Å². The second kappa shape index (κ2) is 4.37. The van der Waals surface area contributed by atoms with Crippen LogP contribution >= 0.6 is 11.6 Å². The summed E-state index contributed by atoms with van der Waals surface area (Å²) in [5.74, 6) is -0.446. The Kier molecular flexibility index (Phi) is 3.12. The first-order valence-corrected chi connectivity index (χ1v) is 5.45. The molecule has 1 aromatic carbocycles. The summed E-state index contributed by atoms with van der Waals surface area (Å²) in [7, 11) is 0. The van der Waals surface area contributed by atoms with Crippen LogP contribution < -0.4 is 5.32 Å². The third-order valence-corrected chi connectivity index (χ3v) is 3.06. The maximum atomic E-state index is 13.5. The Balaban J connectivity index is 2.13. The van der Waals surface area contributed by atoms with Crippen molar-refractivity contribution in [3.63, 3.8) is 0 Å². The van der Waals surface area contributed by atoms with E-state index >= 15 is 0 Å². The van der Waals surface area contributed by atoms with Crippen molar-refractivity contribution in [3.05, 3.63) is 29.0 Å². The summed E-state index contributed by atoms with van der Waals surface area (Å²) in [6.07, 6.45) is 2.23. The van der Waals surface area contributed by atoms with Crippen LogP contribution in [0.1, 0.15) is 19.3 Å². The molecule has 0 aliphatic heterocycles. The maximum absolute atomic E-state index is 13.5. The Morgan fingerprint density at radius 3 is 2.87 bits per heavy atom. The van der Waals surface area contributed by atoms with Gasteiger partial charge in [-0.15, -0.1) is 0 Å². The highest BCUT2D eigenvalue weighted by Gasteiger charge is 2.25.